The van der Waals surface area contributed by atoms with Crippen LogP contribution in [0.2, 0.25) is 0 Å². The van der Waals surface area contributed by atoms with E-state index in [1.165, 1.54) is 0 Å². The van der Waals surface area contributed by atoms with Crippen LogP contribution in [0.4, 0.5) is 0 Å². The summed E-state index contributed by atoms with van der Waals surface area (Å²) in [5.41, 5.74) is 0.852. The lowest BCUT2D eigenvalue weighted by Gasteiger charge is -2.02. The van der Waals surface area contributed by atoms with Crippen LogP contribution in [0.5, 0.6) is 0 Å². The molecule has 0 fully saturated rings. The molecule has 59 valence electrons. The monoisotopic (exact) mass is 171 g/mol. The minimum Gasteiger partial charge on any atom is -0.320 e. The quantitative estimate of drug-likeness (QED) is 0.468. The molecule has 0 heterocycles. The molecule has 1 aliphatic rings. The van der Waals surface area contributed by atoms with Crippen molar-refractivity contribution < 1.29 is 8.98 Å². The van der Waals surface area contributed by atoms with Crippen LogP contribution in [-0.4, -0.2) is 20.3 Å². The molecule has 0 unspecified atom stereocenters. The Labute approximate surface area is 73.2 Å². The second-order valence-electron chi connectivity index (χ2n) is 2.40. The van der Waals surface area contributed by atoms with Crippen molar-refractivity contribution in [3.8, 4) is 0 Å². The molecule has 4 heteroatoms. The summed E-state index contributed by atoms with van der Waals surface area (Å²) in [6, 6.07) is 0. The molecule has 0 amide bonds. The minimum absolute atomic E-state index is 0.126. The molecule has 0 saturated heterocycles. The molecule has 1 radical (unpaired) electrons. The van der Waals surface area contributed by atoms with Crippen molar-refractivity contribution >= 4 is 24.8 Å². The minimum atomic E-state index is -0.126. The zero-order valence-electron chi connectivity index (χ0n) is 7.37. The maximum atomic E-state index is 11.2. The molecule has 0 bridgehead atoms. The number of Topliss-reactive ketones (excluding diaryl/α,β-unsaturated/α-hetero) is 1. The van der Waals surface area contributed by atoms with Gasteiger partial charge in [-0.05, 0) is 19.4 Å². The van der Waals surface area contributed by atoms with Crippen LogP contribution in [0.1, 0.15) is 19.8 Å². The number of allylic oxidation sites excluding steroid dienone is 1. The molecule has 0 aromatic rings. The third kappa shape index (κ3) is 2.10. The van der Waals surface area contributed by atoms with Crippen LogP contribution in [0.3, 0.4) is 0 Å². The van der Waals surface area contributed by atoms with Gasteiger partial charge in [-0.2, -0.15) is 0 Å². The van der Waals surface area contributed by atoms with E-state index in [1.807, 2.05) is 13.0 Å². The standard InChI is InChI=1S/C7H10BO2S/c1-2-5-3-6(10-11-8)4-7(5)9/h3,6,8H,2,4H2,1H3/t6-/m0/s1/i8T. The Morgan fingerprint density at radius 1 is 2.09 bits per heavy atom. The maximum absolute atomic E-state index is 11.2. The van der Waals surface area contributed by atoms with Gasteiger partial charge in [0.25, 0.3) is 0 Å². The summed E-state index contributed by atoms with van der Waals surface area (Å²) in [4.78, 5) is 11.2. The van der Waals surface area contributed by atoms with Crippen LogP contribution in [0.25, 0.3) is 0 Å². The molecule has 11 heavy (non-hydrogen) atoms. The van der Waals surface area contributed by atoms with Crippen molar-refractivity contribution in [2.24, 2.45) is 0 Å². The van der Waals surface area contributed by atoms with Crippen molar-refractivity contribution in [3.05, 3.63) is 11.6 Å². The van der Waals surface area contributed by atoms with Gasteiger partial charge >= 0.3 is 0 Å². The lowest BCUT2D eigenvalue weighted by atomic mass is 10.2. The van der Waals surface area contributed by atoms with E-state index in [0.717, 1.165) is 31.0 Å². The van der Waals surface area contributed by atoms with Gasteiger partial charge in [0.15, 0.2) is 5.78 Å². The van der Waals surface area contributed by atoms with Crippen LogP contribution in [-0.2, 0) is 8.98 Å². The normalized spacial score (nSPS) is 24.8. The smallest absolute Gasteiger partial charge is 0.209 e. The van der Waals surface area contributed by atoms with Crippen molar-refractivity contribution in [3.63, 3.8) is 0 Å². The highest BCUT2D eigenvalue weighted by atomic mass is 32.2. The fourth-order valence-electron chi connectivity index (χ4n) is 1.14. The van der Waals surface area contributed by atoms with Gasteiger partial charge in [0.05, 0.1) is 6.10 Å². The molecule has 0 aromatic heterocycles. The van der Waals surface area contributed by atoms with Gasteiger partial charge in [-0.1, -0.05) is 18.8 Å². The number of hydrogen-bond donors (Lipinski definition) is 0. The van der Waals surface area contributed by atoms with E-state index < -0.39 is 0 Å². The van der Waals surface area contributed by atoms with Gasteiger partial charge < -0.3 is 4.18 Å². The van der Waals surface area contributed by atoms with Gasteiger partial charge in [-0.25, -0.2) is 0 Å². The van der Waals surface area contributed by atoms with Crippen LogP contribution >= 0.6 is 11.9 Å². The molecule has 1 atom stereocenters. The predicted molar refractivity (Wildman–Crippen MR) is 47.6 cm³/mol. The van der Waals surface area contributed by atoms with E-state index in [2.05, 4.69) is 0 Å². The van der Waals surface area contributed by atoms with Crippen LogP contribution in [0.15, 0.2) is 11.6 Å². The van der Waals surface area contributed by atoms with E-state index >= 15 is 0 Å². The van der Waals surface area contributed by atoms with E-state index in [-0.39, 0.29) is 11.9 Å². The highest BCUT2D eigenvalue weighted by molar-refractivity contribution is 8.15. The summed E-state index contributed by atoms with van der Waals surface area (Å²) in [5, 5.41) is 0. The zero-order valence-corrected chi connectivity index (χ0v) is 7.19. The predicted octanol–water partition coefficient (Wildman–Crippen LogP) is 1.14. The molecular formula is C7H10BO2S. The van der Waals surface area contributed by atoms with Crippen LogP contribution in [0, 0.1) is 0 Å². The van der Waals surface area contributed by atoms with Gasteiger partial charge in [-0.3, -0.25) is 4.79 Å². The molecule has 0 spiro atoms. The molecular weight excluding hydrogens is 159 g/mol. The largest absolute Gasteiger partial charge is 0.320 e. The Bertz CT molecular complexity index is 208. The van der Waals surface area contributed by atoms with Gasteiger partial charge in [0, 0.05) is 6.42 Å². The topological polar surface area (TPSA) is 26.3 Å². The van der Waals surface area contributed by atoms with E-state index in [0.29, 0.717) is 6.42 Å². The summed E-state index contributed by atoms with van der Waals surface area (Å²) in [6.07, 6.45) is 2.93. The molecule has 2 nitrogen and oxygen atoms in total. The molecule has 1 rings (SSSR count). The fourth-order valence-corrected chi connectivity index (χ4v) is 1.40. The Hall–Kier alpha value is -0.215. The Balaban J connectivity index is 2.41. The highest BCUT2D eigenvalue weighted by Gasteiger charge is 2.22. The summed E-state index contributed by atoms with van der Waals surface area (Å²) >= 11 is 0.965. The number of carbonyl (C=O) groups is 1. The van der Waals surface area contributed by atoms with Crippen molar-refractivity contribution in [1.29, 1.82) is 1.34 Å². The number of hydrogen-bond acceptors (Lipinski definition) is 3. The Morgan fingerprint density at radius 3 is 3.45 bits per heavy atom. The summed E-state index contributed by atoms with van der Waals surface area (Å²) < 4.78 is 11.9. The first-order valence-corrected chi connectivity index (χ1v) is 4.34. The third-order valence-corrected chi connectivity index (χ3v) is 2.05. The highest BCUT2D eigenvalue weighted by Crippen LogP contribution is 2.21. The van der Waals surface area contributed by atoms with Crippen molar-refractivity contribution in [2.75, 3.05) is 0 Å². The fraction of sp³-hybridized carbons (Fsp3) is 0.571. The third-order valence-electron chi connectivity index (χ3n) is 1.69. The maximum Gasteiger partial charge on any atom is 0.209 e. The lowest BCUT2D eigenvalue weighted by molar-refractivity contribution is -0.115. The van der Waals surface area contributed by atoms with E-state index in [1.54, 1.807) is 0 Å². The number of rotatable bonds is 4. The summed E-state index contributed by atoms with van der Waals surface area (Å²) in [5.74, 6) is 0.174. The molecule has 0 aromatic carbocycles. The first-order chi connectivity index (χ1) is 5.77. The van der Waals surface area contributed by atoms with Gasteiger partial charge in [0.1, 0.15) is 0 Å². The van der Waals surface area contributed by atoms with E-state index in [9.17, 15) is 4.79 Å². The Kier molecular flexibility index (Phi) is 2.69. The molecule has 1 aliphatic carbocycles. The first-order valence-electron chi connectivity index (χ1n) is 4.11. The SMILES string of the molecule is [3H][B]SO[C@H]1C=C(CC)C(=O)C1. The summed E-state index contributed by atoms with van der Waals surface area (Å²) in [6.45, 7) is 1.95. The van der Waals surface area contributed by atoms with Gasteiger partial charge in [0.2, 0.25) is 7.09 Å². The zero-order chi connectivity index (χ0) is 8.97. The van der Waals surface area contributed by atoms with Gasteiger partial charge in [-0.15, -0.1) is 0 Å². The molecule has 0 aliphatic heterocycles. The Morgan fingerprint density at radius 2 is 2.91 bits per heavy atom. The number of carbonyl (C=O) groups excluding carboxylic acids is 1. The lowest BCUT2D eigenvalue weighted by Crippen LogP contribution is -2.03. The molecule has 0 saturated carbocycles. The average molecular weight is 171 g/mol. The van der Waals surface area contributed by atoms with Crippen molar-refractivity contribution in [1.82, 2.24) is 0 Å². The second-order valence-corrected chi connectivity index (χ2v) is 2.79. The van der Waals surface area contributed by atoms with Crippen LogP contribution < -0.4 is 0 Å². The van der Waals surface area contributed by atoms with Crippen molar-refractivity contribution in [2.45, 2.75) is 25.9 Å². The number of ketones is 1. The van der Waals surface area contributed by atoms with E-state index in [4.69, 9.17) is 5.52 Å². The summed E-state index contributed by atoms with van der Waals surface area (Å²) in [7, 11) is 1.11. The first kappa shape index (κ1) is 7.43. The molecule has 0 N–H and O–H groups in total. The average Bonchev–Trinajstić information content (AvgIpc) is 2.43. The second kappa shape index (κ2) is 3.97.